The lowest BCUT2D eigenvalue weighted by molar-refractivity contribution is 0.346. The van der Waals surface area contributed by atoms with Gasteiger partial charge >= 0.3 is 7.60 Å². The molecule has 0 aliphatic carbocycles. The van der Waals surface area contributed by atoms with Gasteiger partial charge in [-0.3, -0.25) is 4.57 Å². The highest BCUT2D eigenvalue weighted by Crippen LogP contribution is 2.40. The molecule has 9 heteroatoms. The summed E-state index contributed by atoms with van der Waals surface area (Å²) in [4.78, 5) is 32.8. The van der Waals surface area contributed by atoms with Crippen LogP contribution in [-0.2, 0) is 4.57 Å². The van der Waals surface area contributed by atoms with Gasteiger partial charge < -0.3 is 19.7 Å². The fourth-order valence-corrected chi connectivity index (χ4v) is 5.02. The van der Waals surface area contributed by atoms with Gasteiger partial charge in [0.25, 0.3) is 0 Å². The molecule has 0 radical (unpaired) electrons. The first-order valence-corrected chi connectivity index (χ1v) is 10.9. The molecule has 0 atom stereocenters. The second-order valence-corrected chi connectivity index (χ2v) is 9.33. The number of anilines is 1. The first-order valence-electron chi connectivity index (χ1n) is 9.49. The summed E-state index contributed by atoms with van der Waals surface area (Å²) in [5.41, 5.74) is 2.33. The van der Waals surface area contributed by atoms with Crippen molar-refractivity contribution >= 4 is 51.3 Å². The van der Waals surface area contributed by atoms with Gasteiger partial charge in [-0.2, -0.15) is 0 Å². The second kappa shape index (κ2) is 6.60. The van der Waals surface area contributed by atoms with Gasteiger partial charge in [-0.05, 0) is 43.8 Å². The van der Waals surface area contributed by atoms with Crippen LogP contribution in [0.3, 0.4) is 0 Å². The van der Waals surface area contributed by atoms with Crippen LogP contribution in [0.5, 0.6) is 0 Å². The lowest BCUT2D eigenvalue weighted by atomic mass is 9.99. The molecule has 1 saturated heterocycles. The van der Waals surface area contributed by atoms with Crippen molar-refractivity contribution < 1.29 is 17.1 Å². The Kier molecular flexibility index (Phi) is 3.96. The summed E-state index contributed by atoms with van der Waals surface area (Å²) in [5, 5.41) is 0.895. The smallest absolute Gasteiger partial charge is 0.325 e. The number of benzene rings is 1. The molecule has 1 aliphatic rings. The van der Waals surface area contributed by atoms with E-state index in [9.17, 15) is 14.4 Å². The third-order valence-electron chi connectivity index (χ3n) is 4.81. The van der Waals surface area contributed by atoms with Crippen LogP contribution in [0.4, 0.5) is 5.82 Å². The van der Waals surface area contributed by atoms with Gasteiger partial charge in [-0.15, -0.1) is 0 Å². The van der Waals surface area contributed by atoms with Gasteiger partial charge in [0.05, 0.1) is 6.16 Å². The van der Waals surface area contributed by atoms with Gasteiger partial charge in [-0.25, -0.2) is 9.97 Å². The summed E-state index contributed by atoms with van der Waals surface area (Å²) in [5.74, 6) is 0.764. The molecule has 0 bridgehead atoms. The normalized spacial score (nSPS) is 17.9. The Labute approximate surface area is 161 Å². The molecule has 4 rings (SSSR count). The van der Waals surface area contributed by atoms with Crippen molar-refractivity contribution in [2.24, 2.45) is 5.92 Å². The monoisotopic (exact) mass is 440 g/mol. The molecule has 1 fully saturated rings. The van der Waals surface area contributed by atoms with Gasteiger partial charge in [0.1, 0.15) is 16.9 Å². The molecule has 1 aliphatic heterocycles. The minimum atomic E-state index is -4.01. The quantitative estimate of drug-likeness (QED) is 0.537. The van der Waals surface area contributed by atoms with Crippen LogP contribution in [0.2, 0.25) is 0 Å². The molecule has 0 spiro atoms. The SMILES string of the molecule is [2H]C([2H])c1nc(N2CCC(CP(=O)(O)O)CC2)c2[nH]c3ccc(Br)cc3c2n1. The van der Waals surface area contributed by atoms with Crippen LogP contribution < -0.4 is 4.90 Å². The van der Waals surface area contributed by atoms with Crippen molar-refractivity contribution in [3.05, 3.63) is 28.5 Å². The number of piperidine rings is 1. The molecule has 0 saturated carbocycles. The second-order valence-electron chi connectivity index (χ2n) is 6.72. The van der Waals surface area contributed by atoms with Crippen LogP contribution in [-0.4, -0.2) is 44.0 Å². The summed E-state index contributed by atoms with van der Waals surface area (Å²) in [6.07, 6.45) is 1.22. The first-order chi connectivity index (χ1) is 13.2. The lowest BCUT2D eigenvalue weighted by Gasteiger charge is -2.33. The van der Waals surface area contributed by atoms with Gasteiger partial charge in [-0.1, -0.05) is 15.9 Å². The van der Waals surface area contributed by atoms with Crippen molar-refractivity contribution in [3.63, 3.8) is 0 Å². The van der Waals surface area contributed by atoms with Crippen LogP contribution in [0, 0.1) is 12.8 Å². The molecule has 3 aromatic rings. The Morgan fingerprint density at radius 3 is 2.85 bits per heavy atom. The molecule has 2 aromatic heterocycles. The average Bonchev–Trinajstić information content (AvgIpc) is 2.98. The third-order valence-corrected chi connectivity index (χ3v) is 6.30. The summed E-state index contributed by atoms with van der Waals surface area (Å²) in [6, 6.07) is 5.82. The van der Waals surface area contributed by atoms with Crippen molar-refractivity contribution in [1.29, 1.82) is 0 Å². The number of hydrogen-bond donors (Lipinski definition) is 3. The molecule has 3 N–H and O–H groups in total. The number of H-pyrrole nitrogens is 1. The maximum absolute atomic E-state index is 11.3. The first kappa shape index (κ1) is 15.6. The van der Waals surface area contributed by atoms with Crippen molar-refractivity contribution in [1.82, 2.24) is 15.0 Å². The topological polar surface area (TPSA) is 102 Å². The molecule has 1 aromatic carbocycles. The van der Waals surface area contributed by atoms with E-state index in [2.05, 4.69) is 35.8 Å². The number of nitrogens with one attached hydrogen (secondary N) is 1. The van der Waals surface area contributed by atoms with Gasteiger partial charge in [0.15, 0.2) is 5.82 Å². The minimum Gasteiger partial charge on any atom is -0.355 e. The lowest BCUT2D eigenvalue weighted by Crippen LogP contribution is -2.35. The number of aromatic amines is 1. The summed E-state index contributed by atoms with van der Waals surface area (Å²) >= 11 is 3.47. The number of aryl methyl sites for hydroxylation is 1. The highest BCUT2D eigenvalue weighted by atomic mass is 79.9. The van der Waals surface area contributed by atoms with Crippen molar-refractivity contribution in [2.45, 2.75) is 19.7 Å². The largest absolute Gasteiger partial charge is 0.355 e. The molecular formula is C17H20BrN4O3P. The maximum Gasteiger partial charge on any atom is 0.325 e. The van der Waals surface area contributed by atoms with Crippen LogP contribution in [0.15, 0.2) is 22.7 Å². The number of aromatic nitrogens is 3. The predicted octanol–water partition coefficient (Wildman–Crippen LogP) is 3.58. The van der Waals surface area contributed by atoms with E-state index in [1.165, 1.54) is 0 Å². The van der Waals surface area contributed by atoms with Crippen LogP contribution >= 0.6 is 23.5 Å². The van der Waals surface area contributed by atoms with E-state index < -0.39 is 14.5 Å². The van der Waals surface area contributed by atoms with E-state index in [-0.39, 0.29) is 17.9 Å². The summed E-state index contributed by atoms with van der Waals surface area (Å²) < 4.78 is 27.7. The van der Waals surface area contributed by atoms with E-state index in [1.54, 1.807) is 0 Å². The Morgan fingerprint density at radius 1 is 1.38 bits per heavy atom. The van der Waals surface area contributed by atoms with Gasteiger partial charge in [0, 0.05) is 31.2 Å². The average molecular weight is 441 g/mol. The zero-order valence-corrected chi connectivity index (χ0v) is 16.4. The number of halogens is 1. The zero-order chi connectivity index (χ0) is 20.1. The van der Waals surface area contributed by atoms with E-state index in [0.717, 1.165) is 20.9 Å². The number of nitrogens with zero attached hydrogens (tertiary/aromatic N) is 3. The Hall–Kier alpha value is -1.47. The number of hydrogen-bond acceptors (Lipinski definition) is 4. The molecule has 138 valence electrons. The molecular weight excluding hydrogens is 419 g/mol. The Bertz CT molecular complexity index is 1080. The maximum atomic E-state index is 11.3. The predicted molar refractivity (Wildman–Crippen MR) is 106 cm³/mol. The molecule has 3 heterocycles. The van der Waals surface area contributed by atoms with E-state index in [1.807, 2.05) is 18.2 Å². The summed E-state index contributed by atoms with van der Waals surface area (Å²) in [7, 11) is -4.01. The minimum absolute atomic E-state index is 0.0207. The van der Waals surface area contributed by atoms with Gasteiger partial charge in [0.2, 0.25) is 0 Å². The zero-order valence-electron chi connectivity index (χ0n) is 15.9. The van der Waals surface area contributed by atoms with Crippen molar-refractivity contribution in [3.8, 4) is 0 Å². The molecule has 26 heavy (non-hydrogen) atoms. The van der Waals surface area contributed by atoms with E-state index in [0.29, 0.717) is 37.3 Å². The molecule has 0 unspecified atom stereocenters. The fourth-order valence-electron chi connectivity index (χ4n) is 3.62. The third kappa shape index (κ3) is 3.51. The summed E-state index contributed by atoms with van der Waals surface area (Å²) in [6.45, 7) is -0.0845. The highest BCUT2D eigenvalue weighted by Gasteiger charge is 2.27. The van der Waals surface area contributed by atoms with Crippen LogP contribution in [0.1, 0.15) is 21.4 Å². The fraction of sp³-hybridized carbons (Fsp3) is 0.412. The molecule has 0 amide bonds. The van der Waals surface area contributed by atoms with E-state index in [4.69, 9.17) is 2.74 Å². The van der Waals surface area contributed by atoms with Crippen molar-refractivity contribution in [2.75, 3.05) is 24.2 Å². The highest BCUT2D eigenvalue weighted by molar-refractivity contribution is 9.10. The Morgan fingerprint density at radius 2 is 2.15 bits per heavy atom. The molecule has 7 nitrogen and oxygen atoms in total. The number of fused-ring (bicyclic) bond motifs is 3. The van der Waals surface area contributed by atoms with E-state index >= 15 is 0 Å². The van der Waals surface area contributed by atoms with Crippen LogP contribution in [0.25, 0.3) is 21.9 Å². The Balaban J connectivity index is 1.74. The number of rotatable bonds is 3. The standard InChI is InChI=1S/C17H20BrN4O3P/c1-10-19-15-13-8-12(18)2-3-14(13)21-16(15)17(20-10)22-6-4-11(5-7-22)9-26(23,24)25/h2-3,8,11,21H,4-7,9H2,1H3,(H2,23,24,25)/i1D2.